The summed E-state index contributed by atoms with van der Waals surface area (Å²) in [6.45, 7) is 0. The number of hydrogen-bond donors (Lipinski definition) is 0. The van der Waals surface area contributed by atoms with Gasteiger partial charge in [0, 0.05) is 3.57 Å². The Balaban J connectivity index is 1.70. The van der Waals surface area contributed by atoms with Crippen molar-refractivity contribution in [1.82, 2.24) is 0 Å². The molecule has 0 spiro atoms. The predicted molar refractivity (Wildman–Crippen MR) is 108 cm³/mol. The van der Waals surface area contributed by atoms with E-state index in [0.717, 1.165) is 0 Å². The third kappa shape index (κ3) is 3.02. The van der Waals surface area contributed by atoms with Gasteiger partial charge >= 0.3 is 0 Å². The molecule has 0 saturated heterocycles. The fraction of sp³-hybridized carbons (Fsp3) is 0. The molecule has 0 N–H and O–H groups in total. The summed E-state index contributed by atoms with van der Waals surface area (Å²) in [5.41, 5.74) is 5.03. The monoisotopic (exact) mass is 406 g/mol. The number of halogens is 1. The van der Waals surface area contributed by atoms with Gasteiger partial charge in [0.1, 0.15) is 0 Å². The minimum Gasteiger partial charge on any atom is -0.0616 e. The molecular formula is C22H15I. The minimum absolute atomic E-state index is 1.25. The molecule has 110 valence electrons. The number of benzene rings is 4. The van der Waals surface area contributed by atoms with Crippen molar-refractivity contribution in [2.24, 2.45) is 0 Å². The van der Waals surface area contributed by atoms with Gasteiger partial charge in [0.15, 0.2) is 0 Å². The highest BCUT2D eigenvalue weighted by atomic mass is 127. The van der Waals surface area contributed by atoms with Gasteiger partial charge in [-0.3, -0.25) is 0 Å². The van der Waals surface area contributed by atoms with Crippen molar-refractivity contribution in [3.8, 4) is 22.3 Å². The molecule has 0 heterocycles. The maximum atomic E-state index is 2.34. The lowest BCUT2D eigenvalue weighted by atomic mass is 9.98. The van der Waals surface area contributed by atoms with Crippen molar-refractivity contribution in [2.45, 2.75) is 0 Å². The van der Waals surface area contributed by atoms with Crippen molar-refractivity contribution >= 4 is 33.4 Å². The van der Waals surface area contributed by atoms with E-state index in [-0.39, 0.29) is 0 Å². The average Bonchev–Trinajstić information content (AvgIpc) is 2.62. The Morgan fingerprint density at radius 1 is 0.435 bits per heavy atom. The van der Waals surface area contributed by atoms with Crippen LogP contribution >= 0.6 is 22.6 Å². The smallest absolute Gasteiger partial charge is 0.0130 e. The zero-order chi connectivity index (χ0) is 15.6. The summed E-state index contributed by atoms with van der Waals surface area (Å²) in [5.74, 6) is 0. The van der Waals surface area contributed by atoms with Crippen molar-refractivity contribution in [2.75, 3.05) is 0 Å². The quantitative estimate of drug-likeness (QED) is 0.322. The summed E-state index contributed by atoms with van der Waals surface area (Å²) in [4.78, 5) is 0. The van der Waals surface area contributed by atoms with E-state index in [4.69, 9.17) is 0 Å². The molecule has 4 rings (SSSR count). The van der Waals surface area contributed by atoms with Crippen LogP contribution in [0.3, 0.4) is 0 Å². The van der Waals surface area contributed by atoms with Gasteiger partial charge in [0.25, 0.3) is 0 Å². The largest absolute Gasteiger partial charge is 0.0616 e. The second-order valence-corrected chi connectivity index (χ2v) is 6.89. The second-order valence-electron chi connectivity index (χ2n) is 5.65. The van der Waals surface area contributed by atoms with Gasteiger partial charge in [-0.15, -0.1) is 0 Å². The Bertz CT molecular complexity index is 951. The van der Waals surface area contributed by atoms with E-state index in [9.17, 15) is 0 Å². The van der Waals surface area contributed by atoms with Crippen LogP contribution in [0.4, 0.5) is 0 Å². The Morgan fingerprint density at radius 2 is 0.913 bits per heavy atom. The maximum absolute atomic E-state index is 2.34. The maximum Gasteiger partial charge on any atom is 0.0130 e. The molecule has 0 amide bonds. The summed E-state index contributed by atoms with van der Waals surface area (Å²) >= 11 is 2.34. The Hall–Kier alpha value is -2.13. The van der Waals surface area contributed by atoms with Crippen LogP contribution in [0, 0.1) is 3.57 Å². The summed E-state index contributed by atoms with van der Waals surface area (Å²) in [6, 6.07) is 32.6. The third-order valence-corrected chi connectivity index (χ3v) is 4.86. The first-order chi connectivity index (χ1) is 11.3. The lowest BCUT2D eigenvalue weighted by molar-refractivity contribution is 1.58. The van der Waals surface area contributed by atoms with Gasteiger partial charge < -0.3 is 0 Å². The molecule has 0 saturated carbocycles. The number of hydrogen-bond acceptors (Lipinski definition) is 0. The summed E-state index contributed by atoms with van der Waals surface area (Å²) < 4.78 is 1.26. The Morgan fingerprint density at radius 3 is 1.57 bits per heavy atom. The van der Waals surface area contributed by atoms with E-state index < -0.39 is 0 Å². The molecule has 0 atom stereocenters. The molecule has 23 heavy (non-hydrogen) atoms. The molecule has 0 bridgehead atoms. The van der Waals surface area contributed by atoms with E-state index in [0.29, 0.717) is 0 Å². The van der Waals surface area contributed by atoms with Crippen LogP contribution in [-0.2, 0) is 0 Å². The fourth-order valence-electron chi connectivity index (χ4n) is 2.87. The second kappa shape index (κ2) is 6.17. The summed E-state index contributed by atoms with van der Waals surface area (Å²) in [5, 5.41) is 2.57. The van der Waals surface area contributed by atoms with Crippen LogP contribution in [0.25, 0.3) is 33.0 Å². The Kier molecular flexibility index (Phi) is 3.88. The zero-order valence-electron chi connectivity index (χ0n) is 12.5. The van der Waals surface area contributed by atoms with Gasteiger partial charge in [-0.2, -0.15) is 0 Å². The molecule has 0 nitrogen and oxygen atoms in total. The highest BCUT2D eigenvalue weighted by Crippen LogP contribution is 2.27. The zero-order valence-corrected chi connectivity index (χ0v) is 14.7. The molecule has 0 aliphatic carbocycles. The van der Waals surface area contributed by atoms with Crippen LogP contribution in [0.15, 0.2) is 91.0 Å². The van der Waals surface area contributed by atoms with Gasteiger partial charge in [-0.05, 0) is 73.8 Å². The van der Waals surface area contributed by atoms with Gasteiger partial charge in [-0.25, -0.2) is 0 Å². The van der Waals surface area contributed by atoms with Gasteiger partial charge in [0.2, 0.25) is 0 Å². The molecule has 0 radical (unpaired) electrons. The lowest BCUT2D eigenvalue weighted by Gasteiger charge is -2.07. The molecule has 0 aromatic heterocycles. The molecule has 4 aromatic rings. The minimum atomic E-state index is 1.25. The van der Waals surface area contributed by atoms with Gasteiger partial charge in [-0.1, -0.05) is 72.8 Å². The fourth-order valence-corrected chi connectivity index (χ4v) is 3.23. The SMILES string of the molecule is Ic1ccc(-c2ccc(-c3ccc4ccccc4c3)cc2)cc1. The normalized spacial score (nSPS) is 10.8. The topological polar surface area (TPSA) is 0 Å². The Labute approximate surface area is 149 Å². The van der Waals surface area contributed by atoms with Crippen LogP contribution in [0.1, 0.15) is 0 Å². The van der Waals surface area contributed by atoms with Crippen molar-refractivity contribution in [3.05, 3.63) is 94.6 Å². The number of rotatable bonds is 2. The van der Waals surface area contributed by atoms with Gasteiger partial charge in [0.05, 0.1) is 0 Å². The van der Waals surface area contributed by atoms with Crippen molar-refractivity contribution in [3.63, 3.8) is 0 Å². The first kappa shape index (κ1) is 14.5. The predicted octanol–water partition coefficient (Wildman–Crippen LogP) is 6.78. The standard InChI is InChI=1S/C22H15I/c23-22-13-11-18(12-14-22)17-5-7-19(8-6-17)21-10-9-16-3-1-2-4-20(16)15-21/h1-15H. The molecule has 4 aromatic carbocycles. The average molecular weight is 406 g/mol. The third-order valence-electron chi connectivity index (χ3n) is 4.15. The van der Waals surface area contributed by atoms with Crippen LogP contribution in [-0.4, -0.2) is 0 Å². The van der Waals surface area contributed by atoms with E-state index in [2.05, 4.69) is 114 Å². The summed E-state index contributed by atoms with van der Waals surface area (Å²) in [7, 11) is 0. The highest BCUT2D eigenvalue weighted by Gasteiger charge is 2.02. The molecule has 0 unspecified atom stereocenters. The highest BCUT2D eigenvalue weighted by molar-refractivity contribution is 14.1. The van der Waals surface area contributed by atoms with E-state index in [1.54, 1.807) is 0 Å². The molecule has 0 aliphatic rings. The first-order valence-corrected chi connectivity index (χ1v) is 8.73. The first-order valence-electron chi connectivity index (χ1n) is 7.65. The molecule has 0 fully saturated rings. The van der Waals surface area contributed by atoms with E-state index in [1.807, 2.05) is 0 Å². The molecule has 0 aliphatic heterocycles. The van der Waals surface area contributed by atoms with Crippen LogP contribution in [0.5, 0.6) is 0 Å². The lowest BCUT2D eigenvalue weighted by Crippen LogP contribution is -1.81. The number of fused-ring (bicyclic) bond motifs is 1. The van der Waals surface area contributed by atoms with Crippen LogP contribution in [0.2, 0.25) is 0 Å². The van der Waals surface area contributed by atoms with Crippen molar-refractivity contribution < 1.29 is 0 Å². The molecule has 1 heteroatoms. The van der Waals surface area contributed by atoms with Crippen molar-refractivity contribution in [1.29, 1.82) is 0 Å². The van der Waals surface area contributed by atoms with E-state index >= 15 is 0 Å². The molecular weight excluding hydrogens is 391 g/mol. The summed E-state index contributed by atoms with van der Waals surface area (Å²) in [6.07, 6.45) is 0. The van der Waals surface area contributed by atoms with Crippen LogP contribution < -0.4 is 0 Å². The van der Waals surface area contributed by atoms with E-state index in [1.165, 1.54) is 36.6 Å².